The molecule has 1 nitrogen and oxygen atoms in total. The second kappa shape index (κ2) is 3.14. The Morgan fingerprint density at radius 1 is 0.909 bits per heavy atom. The first-order valence-electron chi connectivity index (χ1n) is 4.21. The van der Waals surface area contributed by atoms with Crippen molar-refractivity contribution in [3.8, 4) is 0 Å². The molecule has 11 heavy (non-hydrogen) atoms. The molecule has 1 saturated heterocycles. The van der Waals surface area contributed by atoms with Gasteiger partial charge in [0.25, 0.3) is 0 Å². The summed E-state index contributed by atoms with van der Waals surface area (Å²) in [6, 6.07) is 0. The van der Waals surface area contributed by atoms with Gasteiger partial charge in [-0.2, -0.15) is 0 Å². The van der Waals surface area contributed by atoms with E-state index in [4.69, 9.17) is 0 Å². The van der Waals surface area contributed by atoms with Crippen LogP contribution in [-0.2, 0) is 0 Å². The van der Waals surface area contributed by atoms with Crippen molar-refractivity contribution < 1.29 is 0 Å². The molecule has 1 N–H and O–H groups in total. The number of piperidine rings is 1. The Morgan fingerprint density at radius 3 is 1.45 bits per heavy atom. The monoisotopic (exact) mass is 157 g/mol. The summed E-state index contributed by atoms with van der Waals surface area (Å²) in [7, 11) is 0. The number of nitrogens with one attached hydrogen (secondary N) is 1. The fourth-order valence-corrected chi connectivity index (χ4v) is 2.01. The van der Waals surface area contributed by atoms with Crippen molar-refractivity contribution >= 4 is 0 Å². The van der Waals surface area contributed by atoms with E-state index in [1.807, 2.05) is 0 Å². The van der Waals surface area contributed by atoms with E-state index < -0.39 is 0 Å². The third-order valence-corrected chi connectivity index (χ3v) is 2.28. The van der Waals surface area contributed by atoms with E-state index in [1.54, 1.807) is 0 Å². The Hall–Kier alpha value is -0.0400. The predicted octanol–water partition coefficient (Wildman–Crippen LogP) is 2.95. The third-order valence-electron chi connectivity index (χ3n) is 2.28. The smallest absolute Gasteiger partial charge is 0.0130 e. The van der Waals surface area contributed by atoms with Gasteiger partial charge >= 0.3 is 0 Å². The van der Waals surface area contributed by atoms with Gasteiger partial charge in [-0.15, -0.1) is 0 Å². The fraction of sp³-hybridized carbons (Fsp3) is 1.00. The van der Waals surface area contributed by atoms with Crippen molar-refractivity contribution in [2.75, 3.05) is 0 Å². The van der Waals surface area contributed by atoms with E-state index in [2.05, 4.69) is 33.0 Å². The van der Waals surface area contributed by atoms with Crippen LogP contribution in [0.1, 0.15) is 54.4 Å². The lowest BCUT2D eigenvalue weighted by Crippen LogP contribution is -2.55. The second-order valence-electron chi connectivity index (χ2n) is 4.75. The molecule has 1 fully saturated rings. The fourth-order valence-electron chi connectivity index (χ4n) is 2.01. The van der Waals surface area contributed by atoms with Gasteiger partial charge in [0.05, 0.1) is 0 Å². The van der Waals surface area contributed by atoms with E-state index in [0.717, 1.165) is 0 Å². The molecule has 1 aliphatic rings. The summed E-state index contributed by atoms with van der Waals surface area (Å²) in [5.41, 5.74) is 0.726. The molecular formula is C10H23N. The van der Waals surface area contributed by atoms with E-state index >= 15 is 0 Å². The van der Waals surface area contributed by atoms with Crippen LogP contribution >= 0.6 is 0 Å². The molecule has 0 unspecified atom stereocenters. The highest BCUT2D eigenvalue weighted by atomic mass is 15.0. The van der Waals surface area contributed by atoms with E-state index in [0.29, 0.717) is 11.1 Å². The number of hydrogen-bond acceptors (Lipinski definition) is 1. The van der Waals surface area contributed by atoms with Crippen LogP contribution < -0.4 is 5.32 Å². The van der Waals surface area contributed by atoms with Gasteiger partial charge in [-0.25, -0.2) is 0 Å². The van der Waals surface area contributed by atoms with Crippen LogP contribution in [-0.4, -0.2) is 11.1 Å². The zero-order valence-corrected chi connectivity index (χ0v) is 7.62. The highest BCUT2D eigenvalue weighted by molar-refractivity contribution is 4.92. The molecule has 68 valence electrons. The molecule has 1 aliphatic heterocycles. The first-order valence-corrected chi connectivity index (χ1v) is 4.21. The molecule has 0 aromatic carbocycles. The first kappa shape index (κ1) is 11.0. The molecule has 0 atom stereocenters. The quantitative estimate of drug-likeness (QED) is 0.570. The summed E-state index contributed by atoms with van der Waals surface area (Å²) >= 11 is 0. The van der Waals surface area contributed by atoms with E-state index in [9.17, 15) is 0 Å². The lowest BCUT2D eigenvalue weighted by Gasteiger charge is -2.42. The zero-order chi connectivity index (χ0) is 7.83. The zero-order valence-electron chi connectivity index (χ0n) is 7.62. The van der Waals surface area contributed by atoms with Gasteiger partial charge in [-0.05, 0) is 47.0 Å². The molecule has 0 saturated carbocycles. The Balaban J connectivity index is 0.000001000. The highest BCUT2D eigenvalue weighted by Crippen LogP contribution is 2.27. The topological polar surface area (TPSA) is 12.0 Å². The lowest BCUT2D eigenvalue weighted by atomic mass is 9.83. The van der Waals surface area contributed by atoms with Gasteiger partial charge < -0.3 is 5.32 Å². The Kier molecular flexibility index (Phi) is 3.13. The van der Waals surface area contributed by atoms with Crippen molar-refractivity contribution in [2.24, 2.45) is 0 Å². The summed E-state index contributed by atoms with van der Waals surface area (Å²) in [4.78, 5) is 0. The summed E-state index contributed by atoms with van der Waals surface area (Å²) in [5, 5.41) is 3.63. The van der Waals surface area contributed by atoms with Crippen molar-refractivity contribution in [1.82, 2.24) is 5.32 Å². The summed E-state index contributed by atoms with van der Waals surface area (Å²) in [6.07, 6.45) is 4.00. The molecule has 0 spiro atoms. The van der Waals surface area contributed by atoms with Crippen LogP contribution in [0.3, 0.4) is 0 Å². The maximum Gasteiger partial charge on any atom is 0.0130 e. The summed E-state index contributed by atoms with van der Waals surface area (Å²) < 4.78 is 0. The summed E-state index contributed by atoms with van der Waals surface area (Å²) in [6.45, 7) is 9.14. The second-order valence-corrected chi connectivity index (χ2v) is 4.75. The molecule has 1 heterocycles. The normalized spacial score (nSPS) is 27.3. The van der Waals surface area contributed by atoms with Crippen LogP contribution in [0.5, 0.6) is 0 Å². The Bertz CT molecular complexity index is 111. The molecule has 0 aromatic heterocycles. The van der Waals surface area contributed by atoms with Crippen molar-refractivity contribution in [3.63, 3.8) is 0 Å². The molecule has 1 heteroatoms. The molecule has 0 bridgehead atoms. The standard InChI is InChI=1S/C9H19N.CH4/c1-8(2)6-5-7-9(3,4)10-8;/h10H,5-7H2,1-4H3;1H4. The minimum absolute atomic E-state index is 0. The van der Waals surface area contributed by atoms with Crippen LogP contribution in [0, 0.1) is 0 Å². The average Bonchev–Trinajstić information content (AvgIpc) is 1.56. The van der Waals surface area contributed by atoms with Crippen LogP contribution in [0.4, 0.5) is 0 Å². The van der Waals surface area contributed by atoms with Gasteiger partial charge in [-0.1, -0.05) is 7.43 Å². The van der Waals surface area contributed by atoms with Gasteiger partial charge in [0.15, 0.2) is 0 Å². The van der Waals surface area contributed by atoms with Crippen molar-refractivity contribution in [1.29, 1.82) is 0 Å². The van der Waals surface area contributed by atoms with Gasteiger partial charge in [0.1, 0.15) is 0 Å². The van der Waals surface area contributed by atoms with Crippen molar-refractivity contribution in [2.45, 2.75) is 65.5 Å². The number of hydrogen-bond donors (Lipinski definition) is 1. The van der Waals surface area contributed by atoms with E-state index in [-0.39, 0.29) is 7.43 Å². The van der Waals surface area contributed by atoms with Gasteiger partial charge in [0, 0.05) is 11.1 Å². The Morgan fingerprint density at radius 2 is 1.27 bits per heavy atom. The minimum atomic E-state index is 0. The summed E-state index contributed by atoms with van der Waals surface area (Å²) in [5.74, 6) is 0. The maximum absolute atomic E-state index is 3.63. The molecule has 0 aromatic rings. The van der Waals surface area contributed by atoms with Gasteiger partial charge in [0.2, 0.25) is 0 Å². The molecule has 1 rings (SSSR count). The largest absolute Gasteiger partial charge is 0.307 e. The van der Waals surface area contributed by atoms with E-state index in [1.165, 1.54) is 19.3 Å². The highest BCUT2D eigenvalue weighted by Gasteiger charge is 2.31. The average molecular weight is 157 g/mol. The predicted molar refractivity (Wildman–Crippen MR) is 51.9 cm³/mol. The van der Waals surface area contributed by atoms with Crippen LogP contribution in [0.2, 0.25) is 0 Å². The molecule has 0 radical (unpaired) electrons. The molecule has 0 amide bonds. The molecular weight excluding hydrogens is 134 g/mol. The Labute approximate surface area is 71.6 Å². The third kappa shape index (κ3) is 3.24. The van der Waals surface area contributed by atoms with Crippen LogP contribution in [0.15, 0.2) is 0 Å². The SMILES string of the molecule is C.CC1(C)CCCC(C)(C)N1. The van der Waals surface area contributed by atoms with Gasteiger partial charge in [-0.3, -0.25) is 0 Å². The maximum atomic E-state index is 3.63. The van der Waals surface area contributed by atoms with Crippen LogP contribution in [0.25, 0.3) is 0 Å². The molecule has 0 aliphatic carbocycles. The van der Waals surface area contributed by atoms with Crippen molar-refractivity contribution in [3.05, 3.63) is 0 Å². The lowest BCUT2D eigenvalue weighted by molar-refractivity contribution is 0.183. The minimum Gasteiger partial charge on any atom is -0.307 e. The number of rotatable bonds is 0. The first-order chi connectivity index (χ1) is 4.41.